The van der Waals surface area contributed by atoms with Gasteiger partial charge in [-0.25, -0.2) is 4.39 Å². The van der Waals surface area contributed by atoms with Crippen LogP contribution < -0.4 is 5.73 Å². The standard InChI is InChI=1S/C8H11BrFNS/c1-2-8(10,5-11)6-3-12-4-7(6)9/h3-4H,2,5,11H2,1H3. The quantitative estimate of drug-likeness (QED) is 0.879. The van der Waals surface area contributed by atoms with Crippen LogP contribution in [0.1, 0.15) is 18.9 Å². The van der Waals surface area contributed by atoms with Crippen molar-refractivity contribution in [3.05, 3.63) is 20.8 Å². The summed E-state index contributed by atoms with van der Waals surface area (Å²) >= 11 is 4.78. The Bertz CT molecular complexity index is 257. The second-order valence-electron chi connectivity index (χ2n) is 2.66. The topological polar surface area (TPSA) is 26.0 Å². The molecule has 1 aromatic heterocycles. The number of thiophene rings is 1. The number of hydrogen-bond donors (Lipinski definition) is 1. The van der Waals surface area contributed by atoms with Crippen molar-refractivity contribution in [2.45, 2.75) is 19.0 Å². The molecule has 2 N–H and O–H groups in total. The Morgan fingerprint density at radius 3 is 2.67 bits per heavy atom. The van der Waals surface area contributed by atoms with Gasteiger partial charge in [0.1, 0.15) is 5.67 Å². The molecule has 1 unspecified atom stereocenters. The Kier molecular flexibility index (Phi) is 3.26. The van der Waals surface area contributed by atoms with Gasteiger partial charge < -0.3 is 5.73 Å². The molecule has 0 bridgehead atoms. The Hall–Kier alpha value is 0.0700. The normalized spacial score (nSPS) is 16.0. The first-order chi connectivity index (χ1) is 5.64. The highest BCUT2D eigenvalue weighted by Crippen LogP contribution is 2.36. The highest BCUT2D eigenvalue weighted by molar-refractivity contribution is 9.10. The molecule has 1 nitrogen and oxygen atoms in total. The molecule has 1 heterocycles. The predicted octanol–water partition coefficient (Wildman–Crippen LogP) is 3.04. The van der Waals surface area contributed by atoms with Crippen LogP contribution in [0, 0.1) is 0 Å². The second-order valence-corrected chi connectivity index (χ2v) is 4.25. The molecule has 0 saturated carbocycles. The lowest BCUT2D eigenvalue weighted by atomic mass is 9.96. The first-order valence-corrected chi connectivity index (χ1v) is 5.48. The number of halogens is 2. The van der Waals surface area contributed by atoms with Crippen molar-refractivity contribution >= 4 is 27.3 Å². The van der Waals surface area contributed by atoms with Crippen molar-refractivity contribution in [3.8, 4) is 0 Å². The van der Waals surface area contributed by atoms with E-state index in [4.69, 9.17) is 5.73 Å². The van der Waals surface area contributed by atoms with E-state index in [1.807, 2.05) is 5.38 Å². The molecule has 0 fully saturated rings. The second kappa shape index (κ2) is 3.85. The van der Waals surface area contributed by atoms with Crippen LogP contribution >= 0.6 is 27.3 Å². The highest BCUT2D eigenvalue weighted by atomic mass is 79.9. The first-order valence-electron chi connectivity index (χ1n) is 3.75. The summed E-state index contributed by atoms with van der Waals surface area (Å²) in [5.41, 5.74) is 4.70. The third-order valence-corrected chi connectivity index (χ3v) is 3.68. The molecule has 0 spiro atoms. The molecular formula is C8H11BrFNS. The van der Waals surface area contributed by atoms with Crippen LogP contribution in [0.15, 0.2) is 15.2 Å². The molecule has 0 saturated heterocycles. The molecule has 0 aromatic carbocycles. The van der Waals surface area contributed by atoms with Gasteiger partial charge >= 0.3 is 0 Å². The van der Waals surface area contributed by atoms with Gasteiger partial charge in [-0.05, 0) is 27.7 Å². The maximum absolute atomic E-state index is 13.9. The maximum Gasteiger partial charge on any atom is 0.149 e. The molecule has 0 radical (unpaired) electrons. The molecule has 4 heteroatoms. The van der Waals surface area contributed by atoms with Gasteiger partial charge in [0.15, 0.2) is 0 Å². The molecule has 0 amide bonds. The Morgan fingerprint density at radius 1 is 1.67 bits per heavy atom. The lowest BCUT2D eigenvalue weighted by Crippen LogP contribution is -2.29. The zero-order valence-electron chi connectivity index (χ0n) is 6.81. The zero-order chi connectivity index (χ0) is 9.19. The van der Waals surface area contributed by atoms with Crippen LogP contribution in [0.25, 0.3) is 0 Å². The number of alkyl halides is 1. The van der Waals surface area contributed by atoms with E-state index in [-0.39, 0.29) is 6.54 Å². The van der Waals surface area contributed by atoms with E-state index in [0.717, 1.165) is 4.47 Å². The van der Waals surface area contributed by atoms with Gasteiger partial charge in [0.25, 0.3) is 0 Å². The zero-order valence-corrected chi connectivity index (χ0v) is 9.21. The molecule has 68 valence electrons. The van der Waals surface area contributed by atoms with E-state index in [1.54, 1.807) is 12.3 Å². The molecule has 1 atom stereocenters. The monoisotopic (exact) mass is 251 g/mol. The van der Waals surface area contributed by atoms with Crippen molar-refractivity contribution < 1.29 is 4.39 Å². The van der Waals surface area contributed by atoms with Crippen LogP contribution in [0.5, 0.6) is 0 Å². The lowest BCUT2D eigenvalue weighted by Gasteiger charge is -2.21. The Balaban J connectivity index is 3.02. The fourth-order valence-electron chi connectivity index (χ4n) is 1.05. The maximum atomic E-state index is 13.9. The minimum atomic E-state index is -1.36. The smallest absolute Gasteiger partial charge is 0.149 e. The molecule has 1 aromatic rings. The summed E-state index contributed by atoms with van der Waals surface area (Å²) in [5, 5.41) is 3.68. The fourth-order valence-corrected chi connectivity index (χ4v) is 2.78. The van der Waals surface area contributed by atoms with Gasteiger partial charge in [0, 0.05) is 22.0 Å². The summed E-state index contributed by atoms with van der Waals surface area (Å²) in [5.74, 6) is 0. The molecule has 0 aliphatic heterocycles. The Labute approximate surface area is 83.9 Å². The van der Waals surface area contributed by atoms with E-state index >= 15 is 0 Å². The molecule has 0 aliphatic rings. The predicted molar refractivity (Wildman–Crippen MR) is 54.2 cm³/mol. The molecular weight excluding hydrogens is 241 g/mol. The molecule has 1 rings (SSSR count). The van der Waals surface area contributed by atoms with Gasteiger partial charge in [0.05, 0.1) is 0 Å². The van der Waals surface area contributed by atoms with Gasteiger partial charge in [-0.1, -0.05) is 6.92 Å². The summed E-state index contributed by atoms with van der Waals surface area (Å²) in [6, 6.07) is 0. The highest BCUT2D eigenvalue weighted by Gasteiger charge is 2.30. The van der Waals surface area contributed by atoms with Crippen LogP contribution in [0.2, 0.25) is 0 Å². The fraction of sp³-hybridized carbons (Fsp3) is 0.500. The van der Waals surface area contributed by atoms with Gasteiger partial charge in [0.2, 0.25) is 0 Å². The van der Waals surface area contributed by atoms with Crippen molar-refractivity contribution in [1.82, 2.24) is 0 Å². The summed E-state index contributed by atoms with van der Waals surface area (Å²) in [7, 11) is 0. The average molecular weight is 252 g/mol. The van der Waals surface area contributed by atoms with Crippen molar-refractivity contribution in [2.24, 2.45) is 5.73 Å². The summed E-state index contributed by atoms with van der Waals surface area (Å²) in [6.45, 7) is 1.84. The van der Waals surface area contributed by atoms with Gasteiger partial charge in [-0.2, -0.15) is 11.3 Å². The Morgan fingerprint density at radius 2 is 2.33 bits per heavy atom. The SMILES string of the molecule is CCC(F)(CN)c1cscc1Br. The van der Waals surface area contributed by atoms with E-state index in [1.165, 1.54) is 11.3 Å². The van der Waals surface area contributed by atoms with Crippen molar-refractivity contribution in [1.29, 1.82) is 0 Å². The van der Waals surface area contributed by atoms with Crippen LogP contribution in [-0.2, 0) is 5.67 Å². The van der Waals surface area contributed by atoms with E-state index in [9.17, 15) is 4.39 Å². The van der Waals surface area contributed by atoms with Crippen molar-refractivity contribution in [3.63, 3.8) is 0 Å². The summed E-state index contributed by atoms with van der Waals surface area (Å²) in [6.07, 6.45) is 0.416. The lowest BCUT2D eigenvalue weighted by molar-refractivity contribution is 0.168. The van der Waals surface area contributed by atoms with Crippen LogP contribution in [0.3, 0.4) is 0 Å². The van der Waals surface area contributed by atoms with E-state index < -0.39 is 5.67 Å². The molecule has 0 aliphatic carbocycles. The minimum Gasteiger partial charge on any atom is -0.327 e. The average Bonchev–Trinajstić information content (AvgIpc) is 2.51. The number of rotatable bonds is 3. The minimum absolute atomic E-state index is 0.0405. The van der Waals surface area contributed by atoms with Crippen LogP contribution in [-0.4, -0.2) is 6.54 Å². The number of nitrogens with two attached hydrogens (primary N) is 1. The van der Waals surface area contributed by atoms with E-state index in [2.05, 4.69) is 15.9 Å². The van der Waals surface area contributed by atoms with E-state index in [0.29, 0.717) is 12.0 Å². The summed E-state index contributed by atoms with van der Waals surface area (Å²) in [4.78, 5) is 0. The van der Waals surface area contributed by atoms with Crippen molar-refractivity contribution in [2.75, 3.05) is 6.54 Å². The van der Waals surface area contributed by atoms with Gasteiger partial charge in [-0.15, -0.1) is 0 Å². The largest absolute Gasteiger partial charge is 0.327 e. The van der Waals surface area contributed by atoms with Crippen LogP contribution in [0.4, 0.5) is 4.39 Å². The molecule has 12 heavy (non-hydrogen) atoms. The third-order valence-electron chi connectivity index (χ3n) is 1.98. The summed E-state index contributed by atoms with van der Waals surface area (Å²) < 4.78 is 14.7. The van der Waals surface area contributed by atoms with Gasteiger partial charge in [-0.3, -0.25) is 0 Å². The third kappa shape index (κ3) is 1.70. The first kappa shape index (κ1) is 10.2. The number of hydrogen-bond acceptors (Lipinski definition) is 2.